The van der Waals surface area contributed by atoms with E-state index in [9.17, 15) is 54.7 Å². The molecule has 0 aliphatic carbocycles. The fourth-order valence-corrected chi connectivity index (χ4v) is 6.97. The van der Waals surface area contributed by atoms with Crippen LogP contribution in [0, 0.1) is 20.2 Å². The summed E-state index contributed by atoms with van der Waals surface area (Å²) < 4.78 is 3.30. The minimum atomic E-state index is -1.39. The van der Waals surface area contributed by atoms with Gasteiger partial charge in [0.25, 0.3) is 22.5 Å². The Balaban J connectivity index is 0.000000260. The van der Waals surface area contributed by atoms with E-state index >= 15 is 0 Å². The van der Waals surface area contributed by atoms with Crippen LogP contribution < -0.4 is 40.7 Å². The first-order valence-electron chi connectivity index (χ1n) is 13.7. The molecule has 0 amide bonds. The molecular weight excluding hydrogens is 707 g/mol. The van der Waals surface area contributed by atoms with Gasteiger partial charge in [-0.15, -0.1) is 22.7 Å². The predicted molar refractivity (Wildman–Crippen MR) is 179 cm³/mol. The number of carboxylic acid groups (broad SMARTS) is 1. The van der Waals surface area contributed by atoms with Gasteiger partial charge in [-0.25, -0.2) is 4.79 Å². The van der Waals surface area contributed by atoms with Crippen LogP contribution in [-0.4, -0.2) is 51.5 Å². The second kappa shape index (κ2) is 16.0. The number of fused-ring (bicyclic) bond motifs is 2. The molecule has 50 heavy (non-hydrogen) atoms. The molecule has 0 radical (unpaired) electrons. The molecule has 4 N–H and O–H groups in total. The van der Waals surface area contributed by atoms with Gasteiger partial charge in [-0.1, -0.05) is 24.3 Å². The number of hydrogen-bond acceptors (Lipinski definition) is 13. The van der Waals surface area contributed by atoms with Crippen LogP contribution in [0.15, 0.2) is 81.0 Å². The van der Waals surface area contributed by atoms with E-state index in [0.29, 0.717) is 26.9 Å². The van der Waals surface area contributed by atoms with Crippen LogP contribution in [0.2, 0.25) is 0 Å². The number of aromatic nitrogens is 2. The van der Waals surface area contributed by atoms with Gasteiger partial charge in [0.05, 0.1) is 48.9 Å². The number of aromatic hydroxyl groups is 2. The van der Waals surface area contributed by atoms with Gasteiger partial charge in [-0.05, 0) is 40.9 Å². The molecule has 0 fully saturated rings. The number of hydrogen-bond donors (Lipinski definition) is 3. The Bertz CT molecular complexity index is 2250. The molecule has 2 aromatic carbocycles. The third-order valence-corrected chi connectivity index (χ3v) is 9.03. The maximum Gasteiger partial charge on any atom is 1.00 e. The molecule has 6 aromatic rings. The topological polar surface area (TPSA) is 255 Å². The van der Waals surface area contributed by atoms with Crippen molar-refractivity contribution in [2.75, 3.05) is 0 Å². The maximum absolute atomic E-state index is 12.5. The number of nitrogens with zero attached hydrogens (tertiary/aromatic N) is 4. The zero-order chi connectivity index (χ0) is 34.9. The summed E-state index contributed by atoms with van der Waals surface area (Å²) in [7, 11) is 0. The second-order valence-electron chi connectivity index (χ2n) is 10.2. The second-order valence-corrected chi connectivity index (χ2v) is 12.0. The fraction of sp³-hybridized carbons (Fsp3) is 0.0968. The Morgan fingerprint density at radius 1 is 0.740 bits per heavy atom. The molecule has 0 unspecified atom stereocenters. The molecule has 0 aliphatic heterocycles. The number of carbonyl (C=O) groups excluding carboxylic acids is 1. The molecule has 4 heterocycles. The van der Waals surface area contributed by atoms with Crippen molar-refractivity contribution in [1.29, 1.82) is 0 Å². The van der Waals surface area contributed by atoms with Crippen LogP contribution in [0.25, 0.3) is 20.4 Å². The summed E-state index contributed by atoms with van der Waals surface area (Å²) in [4.78, 5) is 68.5. The summed E-state index contributed by atoms with van der Waals surface area (Å²) in [5.74, 6) is -3.22. The first-order chi connectivity index (χ1) is 22.8. The summed E-state index contributed by atoms with van der Waals surface area (Å²) >= 11 is 2.34. The molecule has 252 valence electrons. The van der Waals surface area contributed by atoms with Crippen LogP contribution in [0.5, 0.6) is 11.5 Å². The fourth-order valence-electron chi connectivity index (χ4n) is 5.05. The average molecular weight is 731 g/mol. The van der Waals surface area contributed by atoms with Gasteiger partial charge in [0.15, 0.2) is 17.3 Å². The van der Waals surface area contributed by atoms with Crippen molar-refractivity contribution in [2.24, 2.45) is 0 Å². The van der Waals surface area contributed by atoms with Crippen molar-refractivity contribution in [3.05, 3.63) is 135 Å². The van der Waals surface area contributed by atoms with Gasteiger partial charge < -0.3 is 20.8 Å². The van der Waals surface area contributed by atoms with E-state index in [1.54, 1.807) is 35.0 Å². The number of carboxylic acids is 1. The molecule has 0 spiro atoms. The monoisotopic (exact) mass is 730 g/mol. The largest absolute Gasteiger partial charge is 1.00 e. The van der Waals surface area contributed by atoms with Gasteiger partial charge in [0, 0.05) is 24.3 Å². The number of benzene rings is 2. The summed E-state index contributed by atoms with van der Waals surface area (Å²) in [6.45, 7) is 1.32. The number of thiophene rings is 2. The first kappa shape index (κ1) is 39.2. The molecule has 0 saturated carbocycles. The van der Waals surface area contributed by atoms with Crippen LogP contribution >= 0.6 is 22.7 Å². The van der Waals surface area contributed by atoms with Gasteiger partial charge in [0.2, 0.25) is 0 Å². The Labute approximate surface area is 309 Å². The van der Waals surface area contributed by atoms with Crippen molar-refractivity contribution >= 4 is 66.2 Å². The van der Waals surface area contributed by atoms with Gasteiger partial charge in [0.1, 0.15) is 5.56 Å². The Kier molecular flexibility index (Phi) is 12.5. The molecule has 0 atom stereocenters. The van der Waals surface area contributed by atoms with Crippen molar-refractivity contribution in [3.63, 3.8) is 0 Å². The quantitative estimate of drug-likeness (QED) is 0.0882. The van der Waals surface area contributed by atoms with E-state index in [1.165, 1.54) is 63.8 Å². The van der Waals surface area contributed by atoms with E-state index in [0.717, 1.165) is 11.3 Å². The predicted octanol–water partition coefficient (Wildman–Crippen LogP) is 2.18. The number of ketones is 1. The van der Waals surface area contributed by atoms with E-state index in [-0.39, 0.29) is 75.5 Å². The van der Waals surface area contributed by atoms with Crippen molar-refractivity contribution in [2.45, 2.75) is 20.0 Å². The van der Waals surface area contributed by atoms with E-state index < -0.39 is 44.0 Å². The number of carbonyl (C=O) groups is 2. The zero-order valence-electron chi connectivity index (χ0n) is 26.0. The summed E-state index contributed by atoms with van der Waals surface area (Å²) in [5, 5.41) is 54.4. The maximum atomic E-state index is 12.5. The Morgan fingerprint density at radius 2 is 1.14 bits per heavy atom. The Hall–Kier alpha value is -5.24. The minimum absolute atomic E-state index is 0. The zero-order valence-corrected chi connectivity index (χ0v) is 29.6. The first-order valence-corrected chi connectivity index (χ1v) is 15.4. The number of Topliss-reactive ketones (excluding diaryl/α,β-unsaturated/α-hetero) is 1. The van der Waals surface area contributed by atoms with Crippen molar-refractivity contribution in [3.8, 4) is 11.5 Å². The normalized spacial score (nSPS) is 10.4. The van der Waals surface area contributed by atoms with E-state index in [2.05, 4.69) is 0 Å². The van der Waals surface area contributed by atoms with Crippen molar-refractivity contribution < 1.29 is 69.8 Å². The van der Waals surface area contributed by atoms with Gasteiger partial charge in [-0.2, -0.15) is 0 Å². The number of aromatic carboxylic acids is 1. The summed E-state index contributed by atoms with van der Waals surface area (Å²) in [6.07, 6.45) is 0. The van der Waals surface area contributed by atoms with E-state index in [4.69, 9.17) is 0 Å². The Morgan fingerprint density at radius 3 is 1.52 bits per heavy atom. The van der Waals surface area contributed by atoms with E-state index in [1.807, 2.05) is 0 Å². The molecular formula is C31H23N4NaO12S2. The third kappa shape index (κ3) is 7.65. The molecule has 0 aliphatic rings. The van der Waals surface area contributed by atoms with Gasteiger partial charge >= 0.3 is 35.5 Å². The SMILES string of the molecule is CC(=O)c1c(O)c(=O)n(Cc2cccc([N+](=O)[O-])c2)c2ccsc12.O=C(O)c1c(O)c(=O)n(Cc2cccc([N+](=O)[O-])c2)c2ccsc12.[Na+].[OH-]. The summed E-state index contributed by atoms with van der Waals surface area (Å²) in [5.41, 5.74) is -0.260. The average Bonchev–Trinajstić information content (AvgIpc) is 3.72. The number of non-ortho nitro benzene ring substituents is 2. The summed E-state index contributed by atoms with van der Waals surface area (Å²) in [6, 6.07) is 15.0. The molecule has 4 aromatic heterocycles. The smallest absolute Gasteiger partial charge is 0.870 e. The van der Waals surface area contributed by atoms with Crippen molar-refractivity contribution in [1.82, 2.24) is 9.13 Å². The number of nitro benzene ring substituents is 2. The van der Waals surface area contributed by atoms with Crippen LogP contribution in [0.4, 0.5) is 11.4 Å². The van der Waals surface area contributed by atoms with Crippen LogP contribution in [0.3, 0.4) is 0 Å². The molecule has 0 bridgehead atoms. The standard InChI is InChI=1S/C16H12N2O5S.C15H10N2O6S.Na.H2O/c1-9(19)13-14(20)16(21)17(12-5-6-24-15(12)13)8-10-3-2-4-11(7-10)18(22)23;18-12-11(15(20)21)13-10(4-5-24-13)16(14(12)19)7-8-2-1-3-9(6-8)17(22)23;;/h2-7,20H,8H2,1H3;1-6,18H,7H2,(H,20,21);;1H2/q;;+1;/p-1. The third-order valence-electron chi connectivity index (χ3n) is 7.18. The molecule has 0 saturated heterocycles. The van der Waals surface area contributed by atoms with Crippen LogP contribution in [0.1, 0.15) is 38.8 Å². The minimum Gasteiger partial charge on any atom is -0.870 e. The van der Waals surface area contributed by atoms with Gasteiger partial charge in [-0.3, -0.25) is 43.7 Å². The molecule has 16 nitrogen and oxygen atoms in total. The molecule has 6 rings (SSSR count). The number of nitro groups is 2. The van der Waals surface area contributed by atoms with Crippen LogP contribution in [-0.2, 0) is 13.1 Å². The number of pyridine rings is 2. The number of rotatable bonds is 8. The molecule has 19 heteroatoms.